The van der Waals surface area contributed by atoms with E-state index in [1.54, 1.807) is 6.26 Å². The Balaban J connectivity index is 1.40. The number of ether oxygens (including phenoxy) is 1. The predicted molar refractivity (Wildman–Crippen MR) is 104 cm³/mol. The summed E-state index contributed by atoms with van der Waals surface area (Å²) < 4.78 is 12.2. The molecule has 1 aromatic heterocycles. The Morgan fingerprint density at radius 3 is 2.77 bits per heavy atom. The van der Waals surface area contributed by atoms with E-state index >= 15 is 0 Å². The molecule has 0 saturated carbocycles. The van der Waals surface area contributed by atoms with E-state index in [0.29, 0.717) is 26.0 Å². The molecule has 0 bridgehead atoms. The number of nitrogens with zero attached hydrogens (tertiary/aromatic N) is 1. The van der Waals surface area contributed by atoms with E-state index in [4.69, 9.17) is 9.15 Å². The number of carbonyl (C=O) groups excluding carboxylic acids is 1. The minimum Gasteiger partial charge on any atom is -0.492 e. The molecule has 1 N–H and O–H groups in total. The second-order valence-corrected chi connectivity index (χ2v) is 7.32. The Hall–Kier alpha value is -1.79. The maximum absolute atomic E-state index is 12.2. The second-order valence-electron chi connectivity index (χ2n) is 6.46. The molecule has 1 amide bonds. The summed E-state index contributed by atoms with van der Waals surface area (Å²) in [7, 11) is 0. The van der Waals surface area contributed by atoms with Gasteiger partial charge in [-0.25, -0.2) is 0 Å². The van der Waals surface area contributed by atoms with E-state index in [-0.39, 0.29) is 11.9 Å². The van der Waals surface area contributed by atoms with E-state index in [1.165, 1.54) is 12.8 Å². The number of rotatable bonds is 9. The molecule has 1 saturated heterocycles. The van der Waals surface area contributed by atoms with Crippen molar-refractivity contribution in [2.45, 2.75) is 31.7 Å². The van der Waals surface area contributed by atoms with Crippen molar-refractivity contribution in [3.63, 3.8) is 0 Å². The van der Waals surface area contributed by atoms with Gasteiger partial charge in [0, 0.05) is 13.0 Å². The molecule has 1 fully saturated rings. The zero-order valence-corrected chi connectivity index (χ0v) is 16.4. The highest BCUT2D eigenvalue weighted by Gasteiger charge is 2.25. The number of hydrogen-bond donors (Lipinski definition) is 1. The normalized spacial score (nSPS) is 15.7. The summed E-state index contributed by atoms with van der Waals surface area (Å²) in [6.07, 6.45) is 5.24. The standard InChI is InChI=1S/C20H25BrN2O3/c21-16-7-1-2-8-18(16)25-14-6-10-20(24)22-15-17(19-9-5-13-26-19)23-11-3-4-12-23/h1-2,5,7-9,13,17H,3-4,6,10-12,14-15H2,(H,22,24)/t17-/m1/s1. The molecule has 2 aromatic rings. The van der Waals surface area contributed by atoms with Crippen LogP contribution in [0.1, 0.15) is 37.5 Å². The Labute approximate surface area is 162 Å². The number of nitrogens with one attached hydrogen (secondary N) is 1. The largest absolute Gasteiger partial charge is 0.492 e. The van der Waals surface area contributed by atoms with Crippen molar-refractivity contribution in [3.8, 4) is 5.75 Å². The fourth-order valence-electron chi connectivity index (χ4n) is 3.22. The highest BCUT2D eigenvalue weighted by atomic mass is 79.9. The molecule has 0 spiro atoms. The fraction of sp³-hybridized carbons (Fsp3) is 0.450. The third-order valence-electron chi connectivity index (χ3n) is 4.59. The van der Waals surface area contributed by atoms with Crippen molar-refractivity contribution in [2.24, 2.45) is 0 Å². The zero-order chi connectivity index (χ0) is 18.2. The van der Waals surface area contributed by atoms with Crippen molar-refractivity contribution in [3.05, 3.63) is 52.9 Å². The molecule has 1 aliphatic heterocycles. The van der Waals surface area contributed by atoms with Gasteiger partial charge in [-0.2, -0.15) is 0 Å². The second kappa shape index (κ2) is 9.78. The lowest BCUT2D eigenvalue weighted by atomic mass is 10.2. The lowest BCUT2D eigenvalue weighted by molar-refractivity contribution is -0.121. The first kappa shape index (κ1) is 19.0. The molecular formula is C20H25BrN2O3. The average molecular weight is 421 g/mol. The Kier molecular flexibility index (Phi) is 7.14. The molecule has 3 rings (SSSR count). The van der Waals surface area contributed by atoms with Crippen LogP contribution in [0.4, 0.5) is 0 Å². The highest BCUT2D eigenvalue weighted by molar-refractivity contribution is 9.10. The number of likely N-dealkylation sites (tertiary alicyclic amines) is 1. The number of hydrogen-bond acceptors (Lipinski definition) is 4. The van der Waals surface area contributed by atoms with Crippen LogP contribution in [0.25, 0.3) is 0 Å². The van der Waals surface area contributed by atoms with Crippen LogP contribution in [0.15, 0.2) is 51.6 Å². The summed E-state index contributed by atoms with van der Waals surface area (Å²) in [5, 5.41) is 3.05. The van der Waals surface area contributed by atoms with Crippen LogP contribution in [0.3, 0.4) is 0 Å². The van der Waals surface area contributed by atoms with Gasteiger partial charge in [0.2, 0.25) is 5.91 Å². The molecule has 0 radical (unpaired) electrons. The number of carbonyl (C=O) groups is 1. The first-order chi connectivity index (χ1) is 12.7. The number of para-hydroxylation sites is 1. The van der Waals surface area contributed by atoms with Crippen LogP contribution in [-0.4, -0.2) is 37.0 Å². The van der Waals surface area contributed by atoms with Gasteiger partial charge in [0.05, 0.1) is 23.4 Å². The maximum atomic E-state index is 12.2. The van der Waals surface area contributed by atoms with E-state index in [2.05, 4.69) is 26.1 Å². The SMILES string of the molecule is O=C(CCCOc1ccccc1Br)NC[C@H](c1ccco1)N1CCCC1. The molecule has 26 heavy (non-hydrogen) atoms. The number of amides is 1. The van der Waals surface area contributed by atoms with Crippen molar-refractivity contribution < 1.29 is 13.9 Å². The summed E-state index contributed by atoms with van der Waals surface area (Å²) in [5.41, 5.74) is 0. The lowest BCUT2D eigenvalue weighted by Crippen LogP contribution is -2.36. The first-order valence-electron chi connectivity index (χ1n) is 9.15. The van der Waals surface area contributed by atoms with E-state index in [1.807, 2.05) is 36.4 Å². The van der Waals surface area contributed by atoms with Crippen molar-refractivity contribution in [2.75, 3.05) is 26.2 Å². The van der Waals surface area contributed by atoms with E-state index in [9.17, 15) is 4.79 Å². The van der Waals surface area contributed by atoms with Crippen LogP contribution in [0.2, 0.25) is 0 Å². The number of halogens is 1. The van der Waals surface area contributed by atoms with Crippen molar-refractivity contribution in [1.82, 2.24) is 10.2 Å². The molecule has 1 atom stereocenters. The summed E-state index contributed by atoms with van der Waals surface area (Å²) in [4.78, 5) is 14.6. The molecule has 2 heterocycles. The monoisotopic (exact) mass is 420 g/mol. The number of benzene rings is 1. The minimum absolute atomic E-state index is 0.0523. The minimum atomic E-state index is 0.0523. The van der Waals surface area contributed by atoms with Gasteiger partial charge in [-0.15, -0.1) is 0 Å². The maximum Gasteiger partial charge on any atom is 0.220 e. The van der Waals surface area contributed by atoms with Gasteiger partial charge < -0.3 is 14.5 Å². The zero-order valence-electron chi connectivity index (χ0n) is 14.8. The Morgan fingerprint density at radius 2 is 2.04 bits per heavy atom. The molecule has 1 aromatic carbocycles. The topological polar surface area (TPSA) is 54.7 Å². The molecule has 0 unspecified atom stereocenters. The Bertz CT molecular complexity index is 684. The van der Waals surface area contributed by atoms with Crippen molar-refractivity contribution in [1.29, 1.82) is 0 Å². The van der Waals surface area contributed by atoms with Gasteiger partial charge in [-0.05, 0) is 72.5 Å². The molecule has 140 valence electrons. The van der Waals surface area contributed by atoms with Gasteiger partial charge in [-0.1, -0.05) is 12.1 Å². The highest BCUT2D eigenvalue weighted by Crippen LogP contribution is 2.25. The van der Waals surface area contributed by atoms with Crippen molar-refractivity contribution >= 4 is 21.8 Å². The Morgan fingerprint density at radius 1 is 1.23 bits per heavy atom. The predicted octanol–water partition coefficient (Wildman–Crippen LogP) is 4.15. The van der Waals surface area contributed by atoms with Gasteiger partial charge in [-0.3, -0.25) is 9.69 Å². The summed E-state index contributed by atoms with van der Waals surface area (Å²) >= 11 is 3.45. The third-order valence-corrected chi connectivity index (χ3v) is 5.24. The van der Waals surface area contributed by atoms with Crippen LogP contribution in [0, 0.1) is 0 Å². The van der Waals surface area contributed by atoms with E-state index < -0.39 is 0 Å². The van der Waals surface area contributed by atoms with Gasteiger partial charge in [0.1, 0.15) is 11.5 Å². The van der Waals surface area contributed by atoms with Gasteiger partial charge >= 0.3 is 0 Å². The molecule has 0 aliphatic carbocycles. The quantitative estimate of drug-likeness (QED) is 0.618. The molecular weight excluding hydrogens is 396 g/mol. The summed E-state index contributed by atoms with van der Waals surface area (Å²) in [6, 6.07) is 11.7. The summed E-state index contributed by atoms with van der Waals surface area (Å²) in [5.74, 6) is 1.78. The van der Waals surface area contributed by atoms with Crippen LogP contribution in [-0.2, 0) is 4.79 Å². The van der Waals surface area contributed by atoms with Crippen LogP contribution in [0.5, 0.6) is 5.75 Å². The third kappa shape index (κ3) is 5.35. The first-order valence-corrected chi connectivity index (χ1v) is 9.95. The smallest absolute Gasteiger partial charge is 0.220 e. The van der Waals surface area contributed by atoms with Gasteiger partial charge in [0.25, 0.3) is 0 Å². The molecule has 6 heteroatoms. The lowest BCUT2D eigenvalue weighted by Gasteiger charge is -2.26. The summed E-state index contributed by atoms with van der Waals surface area (Å²) in [6.45, 7) is 3.21. The van der Waals surface area contributed by atoms with Gasteiger partial charge in [0.15, 0.2) is 0 Å². The average Bonchev–Trinajstić information content (AvgIpc) is 3.35. The van der Waals surface area contributed by atoms with E-state index in [0.717, 1.165) is 29.1 Å². The molecule has 5 nitrogen and oxygen atoms in total. The molecule has 1 aliphatic rings. The number of furan rings is 1. The van der Waals surface area contributed by atoms with Crippen LogP contribution < -0.4 is 10.1 Å². The van der Waals surface area contributed by atoms with Crippen LogP contribution >= 0.6 is 15.9 Å². The fourth-order valence-corrected chi connectivity index (χ4v) is 3.62.